The maximum atomic E-state index is 11.9. The minimum absolute atomic E-state index is 0.0745. The van der Waals surface area contributed by atoms with Crippen molar-refractivity contribution in [3.05, 3.63) is 0 Å². The van der Waals surface area contributed by atoms with Gasteiger partial charge in [0.25, 0.3) is 0 Å². The van der Waals surface area contributed by atoms with Crippen molar-refractivity contribution in [1.82, 2.24) is 10.2 Å². The fraction of sp³-hybridized carbons (Fsp3) is 0.846. The summed E-state index contributed by atoms with van der Waals surface area (Å²) in [6.07, 6.45) is 5.09. The highest BCUT2D eigenvalue weighted by molar-refractivity contribution is 6.08. The molecule has 4 heteroatoms. The Morgan fingerprint density at radius 1 is 1.41 bits per heavy atom. The van der Waals surface area contributed by atoms with Gasteiger partial charge in [0.2, 0.25) is 0 Å². The lowest BCUT2D eigenvalue weighted by Gasteiger charge is -2.46. The minimum Gasteiger partial charge on any atom is -0.312 e. The second kappa shape index (κ2) is 4.00. The van der Waals surface area contributed by atoms with Crippen LogP contribution >= 0.6 is 0 Å². The summed E-state index contributed by atoms with van der Waals surface area (Å²) in [6.45, 7) is 7.32. The van der Waals surface area contributed by atoms with Crippen molar-refractivity contribution < 1.29 is 4.79 Å². The fourth-order valence-electron chi connectivity index (χ4n) is 3.43. The van der Waals surface area contributed by atoms with Gasteiger partial charge in [-0.15, -0.1) is 0 Å². The zero-order valence-electron chi connectivity index (χ0n) is 11.1. The molecule has 1 saturated carbocycles. The summed E-state index contributed by atoms with van der Waals surface area (Å²) in [4.78, 5) is 13.8. The number of rotatable bonds is 2. The van der Waals surface area contributed by atoms with E-state index >= 15 is 0 Å². The molecule has 2 rings (SSSR count). The van der Waals surface area contributed by atoms with Gasteiger partial charge >= 0.3 is 6.03 Å². The highest BCUT2D eigenvalue weighted by Gasteiger charge is 2.53. The van der Waals surface area contributed by atoms with Crippen molar-refractivity contribution in [2.24, 2.45) is 5.41 Å². The summed E-state index contributed by atoms with van der Waals surface area (Å²) in [7, 11) is 0. The van der Waals surface area contributed by atoms with E-state index < -0.39 is 0 Å². The molecule has 1 atom stereocenters. The van der Waals surface area contributed by atoms with E-state index in [0.29, 0.717) is 5.84 Å². The van der Waals surface area contributed by atoms with E-state index in [1.807, 2.05) is 4.90 Å². The molecule has 1 aliphatic carbocycles. The summed E-state index contributed by atoms with van der Waals surface area (Å²) in [6, 6.07) is -0.0745. The zero-order chi connectivity index (χ0) is 12.7. The molecule has 1 aliphatic heterocycles. The summed E-state index contributed by atoms with van der Waals surface area (Å²) in [5.41, 5.74) is -0.113. The molecule has 1 saturated heterocycles. The van der Waals surface area contributed by atoms with Gasteiger partial charge in [-0.1, -0.05) is 27.2 Å². The standard InChI is InChI=1S/C13H23N3O/c1-4-8-16-11(17)15-10(14)13(16)7-5-6-12(2,3)9-13/h4-9H2,1-3H3,(H2,14,15,17). The number of amidine groups is 1. The van der Waals surface area contributed by atoms with Gasteiger partial charge in [0, 0.05) is 6.54 Å². The van der Waals surface area contributed by atoms with Crippen LogP contribution in [-0.4, -0.2) is 28.9 Å². The van der Waals surface area contributed by atoms with Crippen LogP contribution < -0.4 is 5.32 Å². The van der Waals surface area contributed by atoms with E-state index in [1.165, 1.54) is 6.42 Å². The summed E-state index contributed by atoms with van der Waals surface area (Å²) in [5, 5.41) is 10.9. The second-order valence-electron chi connectivity index (χ2n) is 6.18. The first kappa shape index (κ1) is 12.4. The molecule has 17 heavy (non-hydrogen) atoms. The third kappa shape index (κ3) is 1.94. The average molecular weight is 237 g/mol. The fourth-order valence-corrected chi connectivity index (χ4v) is 3.43. The van der Waals surface area contributed by atoms with Gasteiger partial charge in [-0.2, -0.15) is 0 Å². The van der Waals surface area contributed by atoms with Crippen LogP contribution in [0.1, 0.15) is 52.9 Å². The Kier molecular flexibility index (Phi) is 2.92. The van der Waals surface area contributed by atoms with Crippen molar-refractivity contribution in [1.29, 1.82) is 5.41 Å². The molecule has 2 fully saturated rings. The van der Waals surface area contributed by atoms with Crippen molar-refractivity contribution in [3.8, 4) is 0 Å². The monoisotopic (exact) mass is 237 g/mol. The summed E-state index contributed by atoms with van der Waals surface area (Å²) in [5.74, 6) is 0.420. The van der Waals surface area contributed by atoms with E-state index in [4.69, 9.17) is 5.41 Å². The largest absolute Gasteiger partial charge is 0.323 e. The number of urea groups is 1. The normalized spacial score (nSPS) is 32.1. The lowest BCUT2D eigenvalue weighted by molar-refractivity contribution is 0.0891. The molecule has 1 heterocycles. The molecule has 96 valence electrons. The van der Waals surface area contributed by atoms with Crippen LogP contribution in [0.2, 0.25) is 0 Å². The average Bonchev–Trinajstić information content (AvgIpc) is 2.42. The lowest BCUT2D eigenvalue weighted by Crippen LogP contribution is -2.54. The third-order valence-corrected chi connectivity index (χ3v) is 4.12. The number of carbonyl (C=O) groups is 1. The second-order valence-corrected chi connectivity index (χ2v) is 6.18. The van der Waals surface area contributed by atoms with Gasteiger partial charge in [-0.25, -0.2) is 4.79 Å². The Bertz CT molecular complexity index is 351. The number of nitrogens with one attached hydrogen (secondary N) is 2. The molecule has 0 bridgehead atoms. The molecule has 2 aliphatic rings. The molecule has 1 spiro atoms. The Morgan fingerprint density at radius 3 is 2.71 bits per heavy atom. The quantitative estimate of drug-likeness (QED) is 0.762. The lowest BCUT2D eigenvalue weighted by atomic mass is 9.67. The highest BCUT2D eigenvalue weighted by atomic mass is 16.2. The van der Waals surface area contributed by atoms with Gasteiger partial charge in [-0.3, -0.25) is 10.7 Å². The number of hydrogen-bond acceptors (Lipinski definition) is 2. The Labute approximate surface area is 103 Å². The first-order valence-electron chi connectivity index (χ1n) is 6.59. The zero-order valence-corrected chi connectivity index (χ0v) is 11.1. The third-order valence-electron chi connectivity index (χ3n) is 4.12. The molecule has 0 radical (unpaired) electrons. The van der Waals surface area contributed by atoms with Crippen LogP contribution in [0.25, 0.3) is 0 Å². The van der Waals surface area contributed by atoms with Crippen molar-refractivity contribution in [2.45, 2.75) is 58.4 Å². The minimum atomic E-state index is -0.338. The van der Waals surface area contributed by atoms with Gasteiger partial charge < -0.3 is 4.90 Å². The molecule has 4 nitrogen and oxygen atoms in total. The maximum absolute atomic E-state index is 11.9. The van der Waals surface area contributed by atoms with Crippen molar-refractivity contribution in [2.75, 3.05) is 6.54 Å². The van der Waals surface area contributed by atoms with Gasteiger partial charge in [0.05, 0.1) is 0 Å². The molecule has 0 aromatic heterocycles. The molecular formula is C13H23N3O. The van der Waals surface area contributed by atoms with Crippen molar-refractivity contribution >= 4 is 11.9 Å². The number of hydrogen-bond donors (Lipinski definition) is 2. The van der Waals surface area contributed by atoms with E-state index in [2.05, 4.69) is 26.1 Å². The number of nitrogens with zero attached hydrogens (tertiary/aromatic N) is 1. The maximum Gasteiger partial charge on any atom is 0.323 e. The van der Waals surface area contributed by atoms with Crippen molar-refractivity contribution in [3.63, 3.8) is 0 Å². The predicted molar refractivity (Wildman–Crippen MR) is 68.2 cm³/mol. The SMILES string of the molecule is CCCN1C(=O)NC(=N)C12CCCC(C)(C)C2. The van der Waals surface area contributed by atoms with Crippen LogP contribution in [0, 0.1) is 10.8 Å². The first-order chi connectivity index (χ1) is 7.91. The Hall–Kier alpha value is -1.06. The van der Waals surface area contributed by atoms with Gasteiger partial charge in [0.15, 0.2) is 0 Å². The molecule has 1 unspecified atom stereocenters. The van der Waals surface area contributed by atoms with Crippen LogP contribution in [0.15, 0.2) is 0 Å². The molecule has 2 N–H and O–H groups in total. The predicted octanol–water partition coefficient (Wildman–Crippen LogP) is 2.74. The van der Waals surface area contributed by atoms with Crippen LogP contribution in [0.4, 0.5) is 4.79 Å². The summed E-state index contributed by atoms with van der Waals surface area (Å²) >= 11 is 0. The first-order valence-corrected chi connectivity index (χ1v) is 6.59. The van der Waals surface area contributed by atoms with Crippen LogP contribution in [-0.2, 0) is 0 Å². The highest BCUT2D eigenvalue weighted by Crippen LogP contribution is 2.45. The smallest absolute Gasteiger partial charge is 0.312 e. The van der Waals surface area contributed by atoms with E-state index in [1.54, 1.807) is 0 Å². The van der Waals surface area contributed by atoms with Gasteiger partial charge in [0.1, 0.15) is 11.4 Å². The van der Waals surface area contributed by atoms with E-state index in [9.17, 15) is 4.79 Å². The van der Waals surface area contributed by atoms with Crippen LogP contribution in [0.5, 0.6) is 0 Å². The summed E-state index contributed by atoms with van der Waals surface area (Å²) < 4.78 is 0. The van der Waals surface area contributed by atoms with Crippen LogP contribution in [0.3, 0.4) is 0 Å². The number of carbonyl (C=O) groups excluding carboxylic acids is 1. The van der Waals surface area contributed by atoms with E-state index in [-0.39, 0.29) is 17.0 Å². The molecule has 0 aromatic rings. The van der Waals surface area contributed by atoms with E-state index in [0.717, 1.165) is 32.2 Å². The Morgan fingerprint density at radius 2 is 2.12 bits per heavy atom. The Balaban J connectivity index is 2.31. The van der Waals surface area contributed by atoms with Gasteiger partial charge in [-0.05, 0) is 31.1 Å². The molecule has 0 aromatic carbocycles. The number of amides is 2. The molecular weight excluding hydrogens is 214 g/mol. The molecule has 2 amide bonds. The topological polar surface area (TPSA) is 56.2 Å².